The first-order valence-electron chi connectivity index (χ1n) is 14.4. The fourth-order valence-corrected chi connectivity index (χ4v) is 8.64. The second-order valence-corrected chi connectivity index (χ2v) is 13.1. The van der Waals surface area contributed by atoms with Crippen LogP contribution in [-0.2, 0) is 28.5 Å². The number of ether oxygens (including phenoxy) is 5. The summed E-state index contributed by atoms with van der Waals surface area (Å²) in [5.41, 5.74) is -3.07. The van der Waals surface area contributed by atoms with Crippen molar-refractivity contribution in [3.8, 4) is 0 Å². The van der Waals surface area contributed by atoms with Gasteiger partial charge in [-0.05, 0) is 49.1 Å². The lowest BCUT2D eigenvalue weighted by molar-refractivity contribution is -0.345. The van der Waals surface area contributed by atoms with E-state index in [1.54, 1.807) is 36.4 Å². The maximum absolute atomic E-state index is 13.8. The molecule has 1 unspecified atom stereocenters. The number of esters is 2. The van der Waals surface area contributed by atoms with Crippen LogP contribution >= 0.6 is 0 Å². The summed E-state index contributed by atoms with van der Waals surface area (Å²) >= 11 is 0. The third-order valence-corrected chi connectivity index (χ3v) is 10.7. The highest BCUT2D eigenvalue weighted by Crippen LogP contribution is 2.66. The summed E-state index contributed by atoms with van der Waals surface area (Å²) in [6.07, 6.45) is -1.96. The molecule has 1 aromatic rings. The van der Waals surface area contributed by atoms with Gasteiger partial charge in [-0.2, -0.15) is 0 Å². The van der Waals surface area contributed by atoms with Crippen LogP contribution in [-0.4, -0.2) is 76.8 Å². The molecule has 4 fully saturated rings. The van der Waals surface area contributed by atoms with Crippen LogP contribution in [0.15, 0.2) is 54.1 Å². The predicted molar refractivity (Wildman–Crippen MR) is 146 cm³/mol. The van der Waals surface area contributed by atoms with Crippen LogP contribution < -0.4 is 0 Å². The molecule has 1 aromatic carbocycles. The normalized spacial score (nSPS) is 44.2. The third-order valence-electron chi connectivity index (χ3n) is 10.7. The number of aliphatic hydroxyl groups excluding tert-OH is 1. The van der Waals surface area contributed by atoms with Crippen LogP contribution in [0.1, 0.15) is 64.2 Å². The molecule has 41 heavy (non-hydrogen) atoms. The van der Waals surface area contributed by atoms with Gasteiger partial charge in [-0.25, -0.2) is 4.79 Å². The number of carbonyl (C=O) groups is 2. The van der Waals surface area contributed by atoms with E-state index in [-0.39, 0.29) is 13.0 Å². The zero-order chi connectivity index (χ0) is 29.5. The molecule has 10 atom stereocenters. The monoisotopic (exact) mass is 568 g/mol. The van der Waals surface area contributed by atoms with Crippen molar-refractivity contribution in [2.45, 2.75) is 102 Å². The Morgan fingerprint density at radius 3 is 2.46 bits per heavy atom. The van der Waals surface area contributed by atoms with Crippen LogP contribution in [0.2, 0.25) is 0 Å². The summed E-state index contributed by atoms with van der Waals surface area (Å²) in [7, 11) is 0. The van der Waals surface area contributed by atoms with E-state index < -0.39 is 76.7 Å². The lowest BCUT2D eigenvalue weighted by Gasteiger charge is -2.68. The van der Waals surface area contributed by atoms with E-state index >= 15 is 0 Å². The zero-order valence-electron chi connectivity index (χ0n) is 24.3. The van der Waals surface area contributed by atoms with Gasteiger partial charge in [0.05, 0.1) is 30.3 Å². The number of benzene rings is 1. The highest BCUT2D eigenvalue weighted by atomic mass is 16.7. The van der Waals surface area contributed by atoms with Gasteiger partial charge in [0, 0.05) is 24.2 Å². The minimum Gasteiger partial charge on any atom is -0.455 e. The summed E-state index contributed by atoms with van der Waals surface area (Å²) < 4.78 is 31.6. The molecule has 2 saturated heterocycles. The molecule has 2 saturated carbocycles. The van der Waals surface area contributed by atoms with Gasteiger partial charge in [0.25, 0.3) is 0 Å². The summed E-state index contributed by atoms with van der Waals surface area (Å²) in [4.78, 5) is 26.5. The molecule has 2 bridgehead atoms. The summed E-state index contributed by atoms with van der Waals surface area (Å²) in [5.74, 6) is -1.86. The topological polar surface area (TPSA) is 121 Å². The van der Waals surface area contributed by atoms with Gasteiger partial charge in [0.15, 0.2) is 11.9 Å². The van der Waals surface area contributed by atoms with Crippen molar-refractivity contribution in [2.24, 2.45) is 16.7 Å². The average Bonchev–Trinajstić information content (AvgIpc) is 3.34. The van der Waals surface area contributed by atoms with Crippen molar-refractivity contribution in [2.75, 3.05) is 6.61 Å². The molecule has 0 radical (unpaired) electrons. The number of fused-ring (bicyclic) bond motifs is 8. The van der Waals surface area contributed by atoms with Crippen molar-refractivity contribution in [1.29, 1.82) is 0 Å². The van der Waals surface area contributed by atoms with Crippen LogP contribution in [0, 0.1) is 16.7 Å². The van der Waals surface area contributed by atoms with Crippen molar-refractivity contribution >= 4 is 11.9 Å². The SMILES string of the molecule is C=C[C@@H]1O[C@@H]2C3=C(C)[C@@H](O)C[C@@](O)([C@@H](OC(=O)c4ccccc4)[C@H]4C(C)(CC[C@H]5OC[C@]54OC(C)=O)[C@@H]2O1)C3(C)C. The fraction of sp³-hybridized carbons (Fsp3) is 0.625. The smallest absolute Gasteiger partial charge is 0.338 e. The van der Waals surface area contributed by atoms with Crippen molar-refractivity contribution in [1.82, 2.24) is 0 Å². The number of hydrogen-bond donors (Lipinski definition) is 2. The van der Waals surface area contributed by atoms with E-state index in [9.17, 15) is 19.8 Å². The summed E-state index contributed by atoms with van der Waals surface area (Å²) in [6, 6.07) is 8.60. The van der Waals surface area contributed by atoms with Gasteiger partial charge in [-0.3, -0.25) is 4.79 Å². The molecule has 2 N–H and O–H groups in total. The molecule has 0 aromatic heterocycles. The standard InChI is InChI=1S/C32H40O9/c1-7-22-38-24-23-17(2)20(34)15-32(36,29(23,4)5)27(40-28(35)19-11-9-8-10-12-19)25-30(6,26(24)39-22)14-13-21-31(25,16-37-21)41-18(3)33/h7-12,20-22,24-27,34,36H,1,13-16H2,2-6H3/t20-,21+,22+,24+,25-,26+,27-,30?,31-,32+/m0/s1. The lowest BCUT2D eigenvalue weighted by Crippen LogP contribution is -2.79. The second-order valence-electron chi connectivity index (χ2n) is 13.1. The Labute approximate surface area is 240 Å². The number of aliphatic hydroxyl groups is 2. The molecule has 6 rings (SSSR count). The maximum Gasteiger partial charge on any atom is 0.338 e. The Balaban J connectivity index is 1.62. The van der Waals surface area contributed by atoms with E-state index in [0.29, 0.717) is 24.0 Å². The van der Waals surface area contributed by atoms with Crippen molar-refractivity contribution < 1.29 is 43.5 Å². The largest absolute Gasteiger partial charge is 0.455 e. The first kappa shape index (κ1) is 28.6. The van der Waals surface area contributed by atoms with Gasteiger partial charge < -0.3 is 33.9 Å². The van der Waals surface area contributed by atoms with Crippen LogP contribution in [0.4, 0.5) is 0 Å². The van der Waals surface area contributed by atoms with Crippen molar-refractivity contribution in [3.63, 3.8) is 0 Å². The number of carbonyl (C=O) groups excluding carboxylic acids is 2. The molecule has 2 aliphatic heterocycles. The van der Waals surface area contributed by atoms with E-state index in [1.807, 2.05) is 27.7 Å². The first-order chi connectivity index (χ1) is 19.3. The summed E-state index contributed by atoms with van der Waals surface area (Å²) in [6.45, 7) is 13.0. The molecule has 9 nitrogen and oxygen atoms in total. The molecule has 222 valence electrons. The predicted octanol–water partition coefficient (Wildman–Crippen LogP) is 3.48. The van der Waals surface area contributed by atoms with Crippen molar-refractivity contribution in [3.05, 3.63) is 59.7 Å². The molecule has 3 aliphatic carbocycles. The molecular weight excluding hydrogens is 528 g/mol. The number of rotatable bonds is 4. The van der Waals surface area contributed by atoms with E-state index in [1.165, 1.54) is 6.92 Å². The second kappa shape index (κ2) is 9.47. The van der Waals surface area contributed by atoms with Gasteiger partial charge in [0.2, 0.25) is 0 Å². The maximum atomic E-state index is 13.8. The van der Waals surface area contributed by atoms with E-state index in [0.717, 1.165) is 5.57 Å². The summed E-state index contributed by atoms with van der Waals surface area (Å²) in [5, 5.41) is 24.4. The average molecular weight is 569 g/mol. The Hall–Kier alpha value is -2.56. The Bertz CT molecular complexity index is 1290. The van der Waals surface area contributed by atoms with Gasteiger partial charge in [-0.15, -0.1) is 0 Å². The molecule has 0 amide bonds. The lowest BCUT2D eigenvalue weighted by atomic mass is 9.45. The Morgan fingerprint density at radius 2 is 1.85 bits per heavy atom. The van der Waals surface area contributed by atoms with E-state index in [4.69, 9.17) is 23.7 Å². The Kier molecular flexibility index (Phi) is 6.60. The van der Waals surface area contributed by atoms with Gasteiger partial charge in [-0.1, -0.05) is 45.5 Å². The molecule has 2 heterocycles. The van der Waals surface area contributed by atoms with Gasteiger partial charge >= 0.3 is 11.9 Å². The van der Waals surface area contributed by atoms with Crippen LogP contribution in [0.5, 0.6) is 0 Å². The number of hydrogen-bond acceptors (Lipinski definition) is 9. The van der Waals surface area contributed by atoms with Gasteiger partial charge in [0.1, 0.15) is 23.9 Å². The third kappa shape index (κ3) is 3.86. The minimum absolute atomic E-state index is 0.0839. The minimum atomic E-state index is -1.77. The quantitative estimate of drug-likeness (QED) is 0.415. The molecule has 9 heteroatoms. The highest BCUT2D eigenvalue weighted by molar-refractivity contribution is 5.89. The fourth-order valence-electron chi connectivity index (χ4n) is 8.64. The first-order valence-corrected chi connectivity index (χ1v) is 14.4. The Morgan fingerprint density at radius 1 is 1.15 bits per heavy atom. The van der Waals surface area contributed by atoms with E-state index in [2.05, 4.69) is 6.58 Å². The highest BCUT2D eigenvalue weighted by Gasteiger charge is 2.76. The van der Waals surface area contributed by atoms with Crippen LogP contribution in [0.3, 0.4) is 0 Å². The molecular formula is C32H40O9. The molecule has 5 aliphatic rings. The van der Waals surface area contributed by atoms with Crippen LogP contribution in [0.25, 0.3) is 0 Å². The zero-order valence-corrected chi connectivity index (χ0v) is 24.3. The molecule has 0 spiro atoms.